The summed E-state index contributed by atoms with van der Waals surface area (Å²) in [6, 6.07) is 0. The van der Waals surface area contributed by atoms with E-state index >= 15 is 0 Å². The lowest BCUT2D eigenvalue weighted by atomic mass is 10.2. The largest absolute Gasteiger partial charge is 0.361 e. The summed E-state index contributed by atoms with van der Waals surface area (Å²) in [5, 5.41) is 5.84. The summed E-state index contributed by atoms with van der Waals surface area (Å²) in [4.78, 5) is 20.3. The van der Waals surface area contributed by atoms with Crippen LogP contribution in [0.15, 0.2) is 0 Å². The summed E-state index contributed by atoms with van der Waals surface area (Å²) in [7, 11) is 0. The lowest BCUT2D eigenvalue weighted by Gasteiger charge is -2.13. The van der Waals surface area contributed by atoms with Gasteiger partial charge in [0.2, 0.25) is 5.91 Å². The van der Waals surface area contributed by atoms with Gasteiger partial charge < -0.3 is 16.1 Å². The molecule has 0 aliphatic heterocycles. The van der Waals surface area contributed by atoms with Crippen LogP contribution >= 0.6 is 0 Å². The number of anilines is 2. The number of hydrogen-bond acceptors (Lipinski definition) is 6. The fourth-order valence-corrected chi connectivity index (χ4v) is 1.70. The first kappa shape index (κ1) is 16.2. The Morgan fingerprint density at radius 3 is 2.50 bits per heavy atom. The molecule has 0 fully saturated rings. The molecule has 5 N–H and O–H groups in total. The minimum atomic E-state index is -0.0517. The van der Waals surface area contributed by atoms with E-state index in [-0.39, 0.29) is 12.5 Å². The molecule has 0 atom stereocenters. The van der Waals surface area contributed by atoms with Gasteiger partial charge in [-0.1, -0.05) is 13.8 Å². The second kappa shape index (κ2) is 8.31. The Labute approximate surface area is 119 Å². The summed E-state index contributed by atoms with van der Waals surface area (Å²) in [6.07, 6.45) is 2.63. The topological polar surface area (TPSA) is 105 Å². The lowest BCUT2D eigenvalue weighted by molar-refractivity contribution is -0.119. The third-order valence-electron chi connectivity index (χ3n) is 2.79. The van der Waals surface area contributed by atoms with Crippen LogP contribution in [0.3, 0.4) is 0 Å². The van der Waals surface area contributed by atoms with Gasteiger partial charge in [-0.3, -0.25) is 4.79 Å². The number of nitrogens with two attached hydrogens (primary N) is 1. The minimum absolute atomic E-state index is 0.0517. The average molecular weight is 280 g/mol. The Hall–Kier alpha value is -1.89. The number of nitrogen functional groups attached to an aromatic ring is 1. The first-order valence-electron chi connectivity index (χ1n) is 6.97. The number of nitrogens with zero attached hydrogens (tertiary/aromatic N) is 2. The number of carbonyl (C=O) groups excluding carboxylic acids is 1. The fraction of sp³-hybridized carbons (Fsp3) is 0.615. The van der Waals surface area contributed by atoms with Crippen LogP contribution in [0.5, 0.6) is 0 Å². The van der Waals surface area contributed by atoms with Crippen LogP contribution < -0.4 is 21.9 Å². The Bertz CT molecular complexity index is 449. The second-order valence-corrected chi connectivity index (χ2v) is 4.56. The number of hydrazine groups is 1. The molecule has 1 heterocycles. The molecular formula is C13H24N6O. The monoisotopic (exact) mass is 280 g/mol. The Morgan fingerprint density at radius 2 is 1.90 bits per heavy atom. The van der Waals surface area contributed by atoms with E-state index in [2.05, 4.69) is 33.0 Å². The van der Waals surface area contributed by atoms with Gasteiger partial charge in [0.25, 0.3) is 0 Å². The maximum absolute atomic E-state index is 11.6. The van der Waals surface area contributed by atoms with Gasteiger partial charge in [-0.15, -0.1) is 0 Å². The number of hydrogen-bond donors (Lipinski definition) is 4. The van der Waals surface area contributed by atoms with Gasteiger partial charge in [0, 0.05) is 18.5 Å². The minimum Gasteiger partial charge on any atom is -0.361 e. The van der Waals surface area contributed by atoms with Gasteiger partial charge in [-0.25, -0.2) is 15.8 Å². The summed E-state index contributed by atoms with van der Waals surface area (Å²) >= 11 is 0. The van der Waals surface area contributed by atoms with E-state index in [0.29, 0.717) is 24.0 Å². The predicted molar refractivity (Wildman–Crippen MR) is 80.4 cm³/mol. The molecule has 112 valence electrons. The predicted octanol–water partition coefficient (Wildman–Crippen LogP) is 0.961. The fourth-order valence-electron chi connectivity index (χ4n) is 1.70. The van der Waals surface area contributed by atoms with Crippen molar-refractivity contribution in [2.24, 2.45) is 5.84 Å². The highest BCUT2D eigenvalue weighted by molar-refractivity contribution is 5.80. The van der Waals surface area contributed by atoms with Crippen molar-refractivity contribution in [3.8, 4) is 0 Å². The van der Waals surface area contributed by atoms with Crippen LogP contribution in [0.2, 0.25) is 0 Å². The van der Waals surface area contributed by atoms with Crippen LogP contribution in [0.25, 0.3) is 0 Å². The van der Waals surface area contributed by atoms with Crippen molar-refractivity contribution in [3.05, 3.63) is 11.4 Å². The van der Waals surface area contributed by atoms with Gasteiger partial charge in [0.05, 0.1) is 6.54 Å². The molecular weight excluding hydrogens is 256 g/mol. The zero-order valence-corrected chi connectivity index (χ0v) is 12.4. The molecule has 7 heteroatoms. The molecule has 0 bridgehead atoms. The number of carbonyl (C=O) groups is 1. The van der Waals surface area contributed by atoms with Gasteiger partial charge in [0.1, 0.15) is 17.5 Å². The number of rotatable bonds is 8. The molecule has 0 unspecified atom stereocenters. The molecule has 1 aromatic rings. The molecule has 0 aliphatic rings. The lowest BCUT2D eigenvalue weighted by Crippen LogP contribution is -2.30. The van der Waals surface area contributed by atoms with Crippen LogP contribution in [0.1, 0.15) is 38.1 Å². The normalized spacial score (nSPS) is 10.2. The van der Waals surface area contributed by atoms with Crippen LogP contribution in [-0.2, 0) is 11.2 Å². The van der Waals surface area contributed by atoms with Crippen LogP contribution in [0.4, 0.5) is 11.6 Å². The summed E-state index contributed by atoms with van der Waals surface area (Å²) in [6.45, 7) is 6.80. The van der Waals surface area contributed by atoms with Crippen LogP contribution in [-0.4, -0.2) is 29.0 Å². The van der Waals surface area contributed by atoms with E-state index in [1.165, 1.54) is 0 Å². The second-order valence-electron chi connectivity index (χ2n) is 4.56. The van der Waals surface area contributed by atoms with Crippen molar-refractivity contribution in [1.29, 1.82) is 0 Å². The zero-order valence-electron chi connectivity index (χ0n) is 12.4. The number of aryl methyl sites for hydroxylation is 1. The van der Waals surface area contributed by atoms with Gasteiger partial charge in [-0.2, -0.15) is 0 Å². The molecule has 1 rings (SSSR count). The van der Waals surface area contributed by atoms with Gasteiger partial charge in [-0.05, 0) is 19.8 Å². The Kier molecular flexibility index (Phi) is 6.72. The van der Waals surface area contributed by atoms with Crippen molar-refractivity contribution in [2.45, 2.75) is 40.0 Å². The summed E-state index contributed by atoms with van der Waals surface area (Å²) in [5.41, 5.74) is 3.37. The summed E-state index contributed by atoms with van der Waals surface area (Å²) < 4.78 is 0. The molecule has 20 heavy (non-hydrogen) atoms. The SMILES string of the molecule is CCCNC(=O)CNc1nc(CCC)nc(NN)c1C. The third kappa shape index (κ3) is 4.65. The molecule has 0 saturated carbocycles. The van der Waals surface area contributed by atoms with Gasteiger partial charge >= 0.3 is 0 Å². The van der Waals surface area contributed by atoms with Gasteiger partial charge in [0.15, 0.2) is 0 Å². The van der Waals surface area contributed by atoms with E-state index < -0.39 is 0 Å². The van der Waals surface area contributed by atoms with E-state index in [1.54, 1.807) is 0 Å². The molecule has 0 spiro atoms. The maximum Gasteiger partial charge on any atom is 0.239 e. The van der Waals surface area contributed by atoms with E-state index in [1.807, 2.05) is 13.8 Å². The Morgan fingerprint density at radius 1 is 1.20 bits per heavy atom. The maximum atomic E-state index is 11.6. The molecule has 1 aromatic heterocycles. The van der Waals surface area contributed by atoms with E-state index in [4.69, 9.17) is 5.84 Å². The molecule has 0 aliphatic carbocycles. The Balaban J connectivity index is 2.77. The van der Waals surface area contributed by atoms with Crippen LogP contribution in [0, 0.1) is 6.92 Å². The number of amides is 1. The molecule has 0 radical (unpaired) electrons. The highest BCUT2D eigenvalue weighted by Crippen LogP contribution is 2.19. The van der Waals surface area contributed by atoms with Crippen molar-refractivity contribution in [2.75, 3.05) is 23.8 Å². The smallest absolute Gasteiger partial charge is 0.239 e. The van der Waals surface area contributed by atoms with Crippen molar-refractivity contribution < 1.29 is 4.79 Å². The standard InChI is InChI=1S/C13H24N6O/c1-4-6-10-17-12(9(3)13(18-10)19-14)16-8-11(20)15-7-5-2/h4-8,14H2,1-3H3,(H,15,20)(H2,16,17,18,19). The first-order valence-corrected chi connectivity index (χ1v) is 6.97. The van der Waals surface area contributed by atoms with Crippen molar-refractivity contribution >= 4 is 17.5 Å². The van der Waals surface area contributed by atoms with Crippen molar-refractivity contribution in [3.63, 3.8) is 0 Å². The summed E-state index contributed by atoms with van der Waals surface area (Å²) in [5.74, 6) is 7.34. The zero-order chi connectivity index (χ0) is 15.0. The highest BCUT2D eigenvalue weighted by Gasteiger charge is 2.10. The van der Waals surface area contributed by atoms with Crippen molar-refractivity contribution in [1.82, 2.24) is 15.3 Å². The third-order valence-corrected chi connectivity index (χ3v) is 2.79. The molecule has 0 saturated heterocycles. The first-order chi connectivity index (χ1) is 9.62. The quantitative estimate of drug-likeness (QED) is 0.417. The molecule has 0 aromatic carbocycles. The molecule has 1 amide bonds. The van der Waals surface area contributed by atoms with E-state index in [0.717, 1.165) is 24.8 Å². The molecule has 7 nitrogen and oxygen atoms in total. The highest BCUT2D eigenvalue weighted by atomic mass is 16.1. The van der Waals surface area contributed by atoms with E-state index in [9.17, 15) is 4.79 Å². The number of aromatic nitrogens is 2. The number of nitrogens with one attached hydrogen (secondary N) is 3. The average Bonchev–Trinajstić information content (AvgIpc) is 2.45.